The molecule has 2 heterocycles. The smallest absolute Gasteiger partial charge is 0.122 e. The summed E-state index contributed by atoms with van der Waals surface area (Å²) in [6, 6.07) is 6.69. The SMILES string of the molecule is CCC(NCC1(O)CCOC1C)c1ccc2c(c1)CCO2. The first-order valence-corrected chi connectivity index (χ1v) is 7.95. The lowest BCUT2D eigenvalue weighted by atomic mass is 9.94. The molecule has 0 aromatic heterocycles. The number of benzene rings is 1. The first-order chi connectivity index (χ1) is 10.1. The lowest BCUT2D eigenvalue weighted by Gasteiger charge is -2.29. The highest BCUT2D eigenvalue weighted by molar-refractivity contribution is 5.40. The van der Waals surface area contributed by atoms with Crippen LogP contribution in [0.2, 0.25) is 0 Å². The maximum Gasteiger partial charge on any atom is 0.122 e. The number of aliphatic hydroxyl groups is 1. The predicted molar refractivity (Wildman–Crippen MR) is 81.7 cm³/mol. The maximum atomic E-state index is 10.6. The van der Waals surface area contributed by atoms with Gasteiger partial charge in [0.05, 0.1) is 12.7 Å². The number of hydrogen-bond donors (Lipinski definition) is 2. The number of nitrogens with one attached hydrogen (secondary N) is 1. The van der Waals surface area contributed by atoms with Crippen molar-refractivity contribution < 1.29 is 14.6 Å². The highest BCUT2D eigenvalue weighted by atomic mass is 16.5. The average Bonchev–Trinajstić information content (AvgIpc) is 3.07. The molecule has 4 nitrogen and oxygen atoms in total. The highest BCUT2D eigenvalue weighted by Crippen LogP contribution is 2.30. The molecule has 4 heteroatoms. The third kappa shape index (κ3) is 2.93. The van der Waals surface area contributed by atoms with E-state index in [1.54, 1.807) is 0 Å². The Balaban J connectivity index is 1.68. The van der Waals surface area contributed by atoms with Crippen molar-refractivity contribution in [1.82, 2.24) is 5.32 Å². The summed E-state index contributed by atoms with van der Waals surface area (Å²) in [5.41, 5.74) is 1.83. The van der Waals surface area contributed by atoms with Gasteiger partial charge in [-0.3, -0.25) is 0 Å². The van der Waals surface area contributed by atoms with Crippen molar-refractivity contribution in [2.75, 3.05) is 19.8 Å². The summed E-state index contributed by atoms with van der Waals surface area (Å²) in [6.07, 6.45) is 2.59. The van der Waals surface area contributed by atoms with Crippen molar-refractivity contribution in [2.24, 2.45) is 0 Å². The number of ether oxygens (including phenoxy) is 2. The van der Waals surface area contributed by atoms with Crippen LogP contribution in [0.1, 0.15) is 43.9 Å². The lowest BCUT2D eigenvalue weighted by molar-refractivity contribution is -0.0277. The van der Waals surface area contributed by atoms with Gasteiger partial charge in [0.15, 0.2) is 0 Å². The summed E-state index contributed by atoms with van der Waals surface area (Å²) >= 11 is 0. The van der Waals surface area contributed by atoms with Crippen molar-refractivity contribution >= 4 is 0 Å². The number of fused-ring (bicyclic) bond motifs is 1. The Kier molecular flexibility index (Phi) is 4.20. The molecule has 0 bridgehead atoms. The Morgan fingerprint density at radius 1 is 1.43 bits per heavy atom. The van der Waals surface area contributed by atoms with E-state index in [4.69, 9.17) is 9.47 Å². The Bertz CT molecular complexity index is 505. The molecule has 2 aliphatic heterocycles. The van der Waals surface area contributed by atoms with Gasteiger partial charge in [0.25, 0.3) is 0 Å². The molecule has 3 atom stereocenters. The van der Waals surface area contributed by atoms with E-state index in [0.717, 1.165) is 25.2 Å². The van der Waals surface area contributed by atoms with Crippen LogP contribution in [0.5, 0.6) is 5.75 Å². The first kappa shape index (κ1) is 14.8. The second-order valence-corrected chi connectivity index (χ2v) is 6.17. The fourth-order valence-corrected chi connectivity index (χ4v) is 3.22. The molecule has 21 heavy (non-hydrogen) atoms. The van der Waals surface area contributed by atoms with Gasteiger partial charge in [-0.15, -0.1) is 0 Å². The van der Waals surface area contributed by atoms with Crippen LogP contribution < -0.4 is 10.1 Å². The molecule has 1 aromatic rings. The first-order valence-electron chi connectivity index (χ1n) is 7.95. The van der Waals surface area contributed by atoms with Crippen LogP contribution in [0.25, 0.3) is 0 Å². The molecule has 1 aromatic carbocycles. The summed E-state index contributed by atoms with van der Waals surface area (Å²) in [7, 11) is 0. The molecule has 3 unspecified atom stereocenters. The topological polar surface area (TPSA) is 50.7 Å². The molecule has 2 N–H and O–H groups in total. The quantitative estimate of drug-likeness (QED) is 0.873. The zero-order valence-corrected chi connectivity index (χ0v) is 12.9. The van der Waals surface area contributed by atoms with Crippen LogP contribution in [0.3, 0.4) is 0 Å². The standard InChI is InChI=1S/C17H25NO3/c1-3-15(18-11-17(19)7-9-20-12(17)2)13-4-5-16-14(10-13)6-8-21-16/h4-5,10,12,15,18-19H,3,6-9,11H2,1-2H3. The van der Waals surface area contributed by atoms with Gasteiger partial charge in [0, 0.05) is 32.0 Å². The normalized spacial score (nSPS) is 29.2. The monoisotopic (exact) mass is 291 g/mol. The minimum Gasteiger partial charge on any atom is -0.493 e. The highest BCUT2D eigenvalue weighted by Gasteiger charge is 2.39. The molecular formula is C17H25NO3. The van der Waals surface area contributed by atoms with E-state index in [0.29, 0.717) is 19.6 Å². The van der Waals surface area contributed by atoms with Crippen LogP contribution in [0, 0.1) is 0 Å². The molecule has 2 aliphatic rings. The van der Waals surface area contributed by atoms with Gasteiger partial charge in [-0.1, -0.05) is 19.1 Å². The molecule has 1 fully saturated rings. The Hall–Kier alpha value is -1.10. The van der Waals surface area contributed by atoms with Crippen LogP contribution in [0.15, 0.2) is 18.2 Å². The number of hydrogen-bond acceptors (Lipinski definition) is 4. The molecule has 0 spiro atoms. The van der Waals surface area contributed by atoms with Crippen molar-refractivity contribution in [3.8, 4) is 5.75 Å². The number of rotatable bonds is 5. The zero-order valence-electron chi connectivity index (χ0n) is 12.9. The van der Waals surface area contributed by atoms with E-state index in [-0.39, 0.29) is 12.1 Å². The second kappa shape index (κ2) is 5.95. The average molecular weight is 291 g/mol. The van der Waals surface area contributed by atoms with Gasteiger partial charge in [-0.05, 0) is 30.5 Å². The lowest BCUT2D eigenvalue weighted by Crippen LogP contribution is -2.46. The third-order valence-electron chi connectivity index (χ3n) is 4.84. The van der Waals surface area contributed by atoms with Crippen LogP contribution in [-0.2, 0) is 11.2 Å². The fourth-order valence-electron chi connectivity index (χ4n) is 3.22. The van der Waals surface area contributed by atoms with E-state index in [1.165, 1.54) is 11.1 Å². The van der Waals surface area contributed by atoms with E-state index in [1.807, 2.05) is 6.92 Å². The van der Waals surface area contributed by atoms with Gasteiger partial charge in [0.1, 0.15) is 11.4 Å². The molecular weight excluding hydrogens is 266 g/mol. The van der Waals surface area contributed by atoms with Gasteiger partial charge in [-0.2, -0.15) is 0 Å². The van der Waals surface area contributed by atoms with Crippen molar-refractivity contribution in [3.05, 3.63) is 29.3 Å². The molecule has 0 radical (unpaired) electrons. The van der Waals surface area contributed by atoms with Crippen molar-refractivity contribution in [3.63, 3.8) is 0 Å². The zero-order chi connectivity index (χ0) is 14.9. The van der Waals surface area contributed by atoms with Gasteiger partial charge in [-0.25, -0.2) is 0 Å². The summed E-state index contributed by atoms with van der Waals surface area (Å²) in [5.74, 6) is 1.02. The Morgan fingerprint density at radius 3 is 3.00 bits per heavy atom. The van der Waals surface area contributed by atoms with E-state index in [9.17, 15) is 5.11 Å². The minimum atomic E-state index is -0.743. The summed E-state index contributed by atoms with van der Waals surface area (Å²) in [4.78, 5) is 0. The summed E-state index contributed by atoms with van der Waals surface area (Å²) in [5, 5.41) is 14.1. The molecule has 1 saturated heterocycles. The molecule has 0 amide bonds. The molecule has 0 saturated carbocycles. The maximum absolute atomic E-state index is 10.6. The van der Waals surface area contributed by atoms with E-state index >= 15 is 0 Å². The van der Waals surface area contributed by atoms with E-state index in [2.05, 4.69) is 30.4 Å². The fraction of sp³-hybridized carbons (Fsp3) is 0.647. The van der Waals surface area contributed by atoms with Gasteiger partial charge < -0.3 is 19.9 Å². The predicted octanol–water partition coefficient (Wildman–Crippen LogP) is 2.20. The largest absolute Gasteiger partial charge is 0.493 e. The van der Waals surface area contributed by atoms with Gasteiger partial charge in [0.2, 0.25) is 0 Å². The second-order valence-electron chi connectivity index (χ2n) is 6.17. The van der Waals surface area contributed by atoms with E-state index < -0.39 is 5.60 Å². The Labute approximate surface area is 126 Å². The minimum absolute atomic E-state index is 0.101. The molecule has 0 aliphatic carbocycles. The van der Waals surface area contributed by atoms with Gasteiger partial charge >= 0.3 is 0 Å². The van der Waals surface area contributed by atoms with Crippen molar-refractivity contribution in [1.29, 1.82) is 0 Å². The van der Waals surface area contributed by atoms with Crippen LogP contribution >= 0.6 is 0 Å². The summed E-state index contributed by atoms with van der Waals surface area (Å²) < 4.78 is 11.1. The van der Waals surface area contributed by atoms with Crippen LogP contribution in [0.4, 0.5) is 0 Å². The summed E-state index contributed by atoms with van der Waals surface area (Å²) in [6.45, 7) is 6.12. The van der Waals surface area contributed by atoms with Crippen molar-refractivity contribution in [2.45, 2.75) is 50.9 Å². The Morgan fingerprint density at radius 2 is 2.29 bits per heavy atom. The molecule has 3 rings (SSSR count). The third-order valence-corrected chi connectivity index (χ3v) is 4.84. The molecule has 116 valence electrons. The van der Waals surface area contributed by atoms with Crippen LogP contribution in [-0.4, -0.2) is 36.6 Å².